The van der Waals surface area contributed by atoms with E-state index in [0.29, 0.717) is 6.07 Å². The number of alkyl halides is 1. The van der Waals surface area contributed by atoms with Gasteiger partial charge in [-0.05, 0) is 13.1 Å². The highest BCUT2D eigenvalue weighted by atomic mass is 35.5. The second-order valence-corrected chi connectivity index (χ2v) is 3.97. The highest BCUT2D eigenvalue weighted by Gasteiger charge is 1.88. The molecule has 6 heavy (non-hydrogen) atoms. The molecule has 0 rings (SSSR count). The van der Waals surface area contributed by atoms with Gasteiger partial charge in [-0.25, -0.2) is 0 Å². The van der Waals surface area contributed by atoms with E-state index in [9.17, 15) is 0 Å². The smallest absolute Gasteiger partial charge is 0.172 e. The molecular weight excluding hydrogens is 116 g/mol. The molecule has 1 nitrogen and oxygen atoms in total. The lowest BCUT2D eigenvalue weighted by Gasteiger charge is -1.97. The third kappa shape index (κ3) is 4.47. The molecule has 0 aliphatic carbocycles. The molecule has 3 heteroatoms. The van der Waals surface area contributed by atoms with E-state index in [-0.39, 0.29) is 0 Å². The first-order valence-corrected chi connectivity index (χ1v) is 5.26. The van der Waals surface area contributed by atoms with Gasteiger partial charge in [0.2, 0.25) is 0 Å². The van der Waals surface area contributed by atoms with Gasteiger partial charge in [0.1, 0.15) is 6.07 Å². The van der Waals surface area contributed by atoms with Crippen LogP contribution in [0.25, 0.3) is 0 Å². The summed E-state index contributed by atoms with van der Waals surface area (Å²) in [5, 5.41) is 0. The zero-order valence-electron chi connectivity index (χ0n) is 4.07. The fourth-order valence-electron chi connectivity index (χ4n) is 0.126. The van der Waals surface area contributed by atoms with Gasteiger partial charge in [0.05, 0.1) is 0 Å². The molecule has 0 saturated heterocycles. The third-order valence-corrected chi connectivity index (χ3v) is 1.57. The fourth-order valence-corrected chi connectivity index (χ4v) is 1.13. The van der Waals surface area contributed by atoms with Crippen LogP contribution in [0.5, 0.6) is 0 Å². The Morgan fingerprint density at radius 3 is 2.17 bits per heavy atom. The number of hydrogen-bond donors (Lipinski definition) is 0. The van der Waals surface area contributed by atoms with Crippen molar-refractivity contribution < 1.29 is 4.43 Å². The van der Waals surface area contributed by atoms with Gasteiger partial charge in [-0.2, -0.15) is 0 Å². The first-order valence-electron chi connectivity index (χ1n) is 1.95. The highest BCUT2D eigenvalue weighted by molar-refractivity contribution is 6.49. The van der Waals surface area contributed by atoms with Crippen molar-refractivity contribution in [3.63, 3.8) is 0 Å². The van der Waals surface area contributed by atoms with Crippen LogP contribution in [0.4, 0.5) is 0 Å². The molecule has 0 radical (unpaired) electrons. The lowest BCUT2D eigenvalue weighted by atomic mass is 11.7. The standard InChI is InChI=1S/C3H9ClOSi/c1-6(2)5-3-4/h6H,3H2,1-2H3. The second-order valence-electron chi connectivity index (χ2n) is 1.32. The molecule has 0 saturated carbocycles. The van der Waals surface area contributed by atoms with Crippen LogP contribution in [0.3, 0.4) is 0 Å². The van der Waals surface area contributed by atoms with E-state index in [1.165, 1.54) is 0 Å². The normalized spacial score (nSPS) is 10.0. The van der Waals surface area contributed by atoms with Gasteiger partial charge in [0.25, 0.3) is 0 Å². The first kappa shape index (κ1) is 6.47. The van der Waals surface area contributed by atoms with Crippen LogP contribution in [0.15, 0.2) is 0 Å². The van der Waals surface area contributed by atoms with Crippen LogP contribution in [0, 0.1) is 0 Å². The minimum Gasteiger partial charge on any atom is -0.407 e. The van der Waals surface area contributed by atoms with Crippen LogP contribution in [-0.2, 0) is 4.43 Å². The summed E-state index contributed by atoms with van der Waals surface area (Å²) in [6, 6.07) is 0.365. The summed E-state index contributed by atoms with van der Waals surface area (Å²) in [5.41, 5.74) is 0. The van der Waals surface area contributed by atoms with Crippen LogP contribution in [0.1, 0.15) is 0 Å². The summed E-state index contributed by atoms with van der Waals surface area (Å²) in [6.45, 7) is 4.17. The molecule has 0 amide bonds. The predicted molar refractivity (Wildman–Crippen MR) is 30.7 cm³/mol. The zero-order valence-corrected chi connectivity index (χ0v) is 5.98. The maximum atomic E-state index is 5.21. The van der Waals surface area contributed by atoms with Crippen molar-refractivity contribution in [3.05, 3.63) is 0 Å². The van der Waals surface area contributed by atoms with Crippen LogP contribution < -0.4 is 0 Å². The molecule has 0 heterocycles. The molecule has 0 atom stereocenters. The highest BCUT2D eigenvalue weighted by Crippen LogP contribution is 1.83. The molecule has 0 aliphatic heterocycles. The van der Waals surface area contributed by atoms with Gasteiger partial charge in [-0.15, -0.1) is 0 Å². The van der Waals surface area contributed by atoms with E-state index >= 15 is 0 Å². The molecular formula is C3H9ClOSi. The molecule has 0 N–H and O–H groups in total. The molecule has 0 aromatic heterocycles. The topological polar surface area (TPSA) is 9.23 Å². The van der Waals surface area contributed by atoms with Crippen molar-refractivity contribution in [2.24, 2.45) is 0 Å². The van der Waals surface area contributed by atoms with E-state index in [1.54, 1.807) is 0 Å². The number of rotatable bonds is 2. The summed E-state index contributed by atoms with van der Waals surface area (Å²) < 4.78 is 4.95. The SMILES string of the molecule is C[SiH](C)OCCl. The minimum atomic E-state index is -0.802. The Kier molecular flexibility index (Phi) is 3.93. The van der Waals surface area contributed by atoms with Crippen molar-refractivity contribution in [3.8, 4) is 0 Å². The van der Waals surface area contributed by atoms with Crippen molar-refractivity contribution in [1.82, 2.24) is 0 Å². The number of halogens is 1. The Labute approximate surface area is 45.0 Å². The first-order chi connectivity index (χ1) is 2.77. The van der Waals surface area contributed by atoms with Gasteiger partial charge in [-0.1, -0.05) is 11.6 Å². The zero-order chi connectivity index (χ0) is 4.99. The lowest BCUT2D eigenvalue weighted by molar-refractivity contribution is 0.401. The maximum absolute atomic E-state index is 5.21. The lowest BCUT2D eigenvalue weighted by Crippen LogP contribution is -2.04. The second kappa shape index (κ2) is 3.65. The van der Waals surface area contributed by atoms with Crippen molar-refractivity contribution >= 4 is 20.6 Å². The monoisotopic (exact) mass is 124 g/mol. The van der Waals surface area contributed by atoms with E-state index in [0.717, 1.165) is 0 Å². The average molecular weight is 125 g/mol. The molecule has 38 valence electrons. The van der Waals surface area contributed by atoms with E-state index in [4.69, 9.17) is 16.0 Å². The largest absolute Gasteiger partial charge is 0.407 e. The summed E-state index contributed by atoms with van der Waals surface area (Å²) >= 11 is 5.21. The van der Waals surface area contributed by atoms with E-state index in [1.807, 2.05) is 0 Å². The Bertz CT molecular complexity index is 32.0. The summed E-state index contributed by atoms with van der Waals surface area (Å²) in [5.74, 6) is 0. The predicted octanol–water partition coefficient (Wildman–Crippen LogP) is 1.18. The quantitative estimate of drug-likeness (QED) is 0.397. The summed E-state index contributed by atoms with van der Waals surface area (Å²) in [7, 11) is -0.802. The van der Waals surface area contributed by atoms with E-state index < -0.39 is 9.04 Å². The summed E-state index contributed by atoms with van der Waals surface area (Å²) in [6.07, 6.45) is 0. The molecule has 0 aliphatic rings. The Morgan fingerprint density at radius 2 is 2.17 bits per heavy atom. The summed E-state index contributed by atoms with van der Waals surface area (Å²) in [4.78, 5) is 0. The molecule has 0 bridgehead atoms. The van der Waals surface area contributed by atoms with Gasteiger partial charge in [0, 0.05) is 0 Å². The van der Waals surface area contributed by atoms with Crippen LogP contribution in [-0.4, -0.2) is 15.1 Å². The molecule has 0 aromatic carbocycles. The Balaban J connectivity index is 2.63. The molecule has 0 fully saturated rings. The Hall–Kier alpha value is 0.467. The van der Waals surface area contributed by atoms with Crippen LogP contribution in [0.2, 0.25) is 13.1 Å². The number of hydrogen-bond acceptors (Lipinski definition) is 1. The molecule has 0 unspecified atom stereocenters. The Morgan fingerprint density at radius 1 is 1.67 bits per heavy atom. The van der Waals surface area contributed by atoms with E-state index in [2.05, 4.69) is 13.1 Å². The van der Waals surface area contributed by atoms with Crippen molar-refractivity contribution in [2.45, 2.75) is 13.1 Å². The van der Waals surface area contributed by atoms with Crippen LogP contribution >= 0.6 is 11.6 Å². The van der Waals surface area contributed by atoms with Gasteiger partial charge in [-0.3, -0.25) is 0 Å². The molecule has 0 spiro atoms. The average Bonchev–Trinajstić information content (AvgIpc) is 1.35. The maximum Gasteiger partial charge on any atom is 0.172 e. The van der Waals surface area contributed by atoms with Crippen molar-refractivity contribution in [1.29, 1.82) is 0 Å². The van der Waals surface area contributed by atoms with Gasteiger partial charge >= 0.3 is 0 Å². The fraction of sp³-hybridized carbons (Fsp3) is 1.00. The third-order valence-electron chi connectivity index (χ3n) is 0.396. The molecule has 0 aromatic rings. The van der Waals surface area contributed by atoms with Crippen molar-refractivity contribution in [2.75, 3.05) is 6.07 Å². The van der Waals surface area contributed by atoms with Gasteiger partial charge in [0.15, 0.2) is 9.04 Å². The minimum absolute atomic E-state index is 0.365. The van der Waals surface area contributed by atoms with Gasteiger partial charge < -0.3 is 4.43 Å².